The highest BCUT2D eigenvalue weighted by atomic mass is 32.1. The standard InChI is InChI=1S/C17H18N3O2S/c1-12(21)18-16-15(14(22)13-8-4-2-5-9-13)23-17(19-16)20-10-6-3-7-11-20/h2,4-5,8-9H,1,3,6-7,10-11H2,(H,18,21). The number of amides is 1. The van der Waals surface area contributed by atoms with Gasteiger partial charge in [-0.2, -0.15) is 0 Å². The second-order valence-electron chi connectivity index (χ2n) is 5.47. The molecule has 2 aromatic rings. The third-order valence-electron chi connectivity index (χ3n) is 3.74. The fourth-order valence-corrected chi connectivity index (χ4v) is 3.66. The maximum Gasteiger partial charge on any atom is 0.226 e. The van der Waals surface area contributed by atoms with Crippen LogP contribution < -0.4 is 10.2 Å². The first-order valence-corrected chi connectivity index (χ1v) is 8.45. The molecule has 0 saturated carbocycles. The third-order valence-corrected chi connectivity index (χ3v) is 4.86. The molecular formula is C17H18N3O2S. The summed E-state index contributed by atoms with van der Waals surface area (Å²) >= 11 is 1.33. The summed E-state index contributed by atoms with van der Waals surface area (Å²) in [6.45, 7) is 5.19. The van der Waals surface area contributed by atoms with Crippen molar-refractivity contribution in [3.63, 3.8) is 0 Å². The van der Waals surface area contributed by atoms with Crippen molar-refractivity contribution in [3.05, 3.63) is 47.7 Å². The van der Waals surface area contributed by atoms with Crippen molar-refractivity contribution < 1.29 is 9.59 Å². The SMILES string of the molecule is [CH2]C(=O)Nc1nc(N2CCCCC2)sc1C(=O)c1ccccc1. The van der Waals surface area contributed by atoms with E-state index >= 15 is 0 Å². The highest BCUT2D eigenvalue weighted by Gasteiger charge is 2.23. The minimum absolute atomic E-state index is 0.130. The van der Waals surface area contributed by atoms with Gasteiger partial charge in [-0.25, -0.2) is 4.98 Å². The van der Waals surface area contributed by atoms with E-state index in [1.54, 1.807) is 12.1 Å². The number of hydrogen-bond acceptors (Lipinski definition) is 5. The molecule has 1 fully saturated rings. The van der Waals surface area contributed by atoms with E-state index in [-0.39, 0.29) is 5.78 Å². The fourth-order valence-electron chi connectivity index (χ4n) is 2.62. The van der Waals surface area contributed by atoms with Crippen molar-refractivity contribution >= 4 is 34.0 Å². The number of hydrogen-bond donors (Lipinski definition) is 1. The van der Waals surface area contributed by atoms with Gasteiger partial charge in [-0.1, -0.05) is 41.7 Å². The lowest BCUT2D eigenvalue weighted by molar-refractivity contribution is -0.112. The molecule has 1 saturated heterocycles. The van der Waals surface area contributed by atoms with Crippen LogP contribution in [0.25, 0.3) is 0 Å². The lowest BCUT2D eigenvalue weighted by atomic mass is 10.1. The van der Waals surface area contributed by atoms with Crippen LogP contribution in [0.4, 0.5) is 10.9 Å². The van der Waals surface area contributed by atoms with Crippen LogP contribution in [0.1, 0.15) is 34.5 Å². The topological polar surface area (TPSA) is 62.3 Å². The maximum atomic E-state index is 12.7. The normalized spacial score (nSPS) is 14.6. The van der Waals surface area contributed by atoms with Crippen LogP contribution in [0.2, 0.25) is 0 Å². The molecular weight excluding hydrogens is 310 g/mol. The van der Waals surface area contributed by atoms with Gasteiger partial charge in [0.1, 0.15) is 4.88 Å². The molecule has 3 rings (SSSR count). The summed E-state index contributed by atoms with van der Waals surface area (Å²) in [6, 6.07) is 9.02. The number of benzene rings is 1. The smallest absolute Gasteiger partial charge is 0.226 e. The Balaban J connectivity index is 1.95. The summed E-state index contributed by atoms with van der Waals surface area (Å²) in [5.74, 6) is -0.290. The molecule has 0 bridgehead atoms. The Bertz CT molecular complexity index is 706. The number of nitrogens with one attached hydrogen (secondary N) is 1. The summed E-state index contributed by atoms with van der Waals surface area (Å²) in [7, 11) is 0. The van der Waals surface area contributed by atoms with E-state index in [1.165, 1.54) is 17.8 Å². The minimum atomic E-state index is -0.470. The number of thiazole rings is 1. The van der Waals surface area contributed by atoms with E-state index < -0.39 is 5.91 Å². The molecule has 1 amide bonds. The molecule has 0 atom stereocenters. The van der Waals surface area contributed by atoms with Crippen LogP contribution in [0.5, 0.6) is 0 Å². The Labute approximate surface area is 139 Å². The van der Waals surface area contributed by atoms with E-state index in [1.807, 2.05) is 18.2 Å². The molecule has 1 aliphatic rings. The van der Waals surface area contributed by atoms with Gasteiger partial charge in [-0.05, 0) is 19.3 Å². The van der Waals surface area contributed by atoms with E-state index in [0.29, 0.717) is 16.3 Å². The zero-order chi connectivity index (χ0) is 16.2. The van der Waals surface area contributed by atoms with Gasteiger partial charge in [0.15, 0.2) is 10.9 Å². The van der Waals surface area contributed by atoms with Crippen LogP contribution in [0, 0.1) is 6.92 Å². The van der Waals surface area contributed by atoms with Crippen LogP contribution in [0.15, 0.2) is 30.3 Å². The molecule has 23 heavy (non-hydrogen) atoms. The molecule has 1 radical (unpaired) electrons. The van der Waals surface area contributed by atoms with Gasteiger partial charge in [0.05, 0.1) is 0 Å². The van der Waals surface area contributed by atoms with Crippen molar-refractivity contribution in [2.24, 2.45) is 0 Å². The predicted molar refractivity (Wildman–Crippen MR) is 92.0 cm³/mol. The third kappa shape index (κ3) is 3.59. The number of anilines is 2. The number of nitrogens with zero attached hydrogens (tertiary/aromatic N) is 2. The number of piperidine rings is 1. The second kappa shape index (κ2) is 6.91. The molecule has 1 aromatic carbocycles. The number of aromatic nitrogens is 1. The quantitative estimate of drug-likeness (QED) is 0.876. The number of rotatable bonds is 4. The zero-order valence-corrected chi connectivity index (χ0v) is 13.6. The van der Waals surface area contributed by atoms with Gasteiger partial charge in [-0.15, -0.1) is 0 Å². The van der Waals surface area contributed by atoms with Gasteiger partial charge in [0.25, 0.3) is 0 Å². The monoisotopic (exact) mass is 328 g/mol. The number of ketones is 1. The lowest BCUT2D eigenvalue weighted by Gasteiger charge is -2.25. The Kier molecular flexibility index (Phi) is 4.71. The second-order valence-corrected chi connectivity index (χ2v) is 6.44. The zero-order valence-electron chi connectivity index (χ0n) is 12.7. The van der Waals surface area contributed by atoms with Gasteiger partial charge in [-0.3, -0.25) is 9.59 Å². The van der Waals surface area contributed by atoms with Crippen molar-refractivity contribution in [1.82, 2.24) is 4.98 Å². The van der Waals surface area contributed by atoms with Gasteiger partial charge < -0.3 is 10.2 Å². The molecule has 0 aliphatic carbocycles. The lowest BCUT2D eigenvalue weighted by Crippen LogP contribution is -2.29. The van der Waals surface area contributed by atoms with Gasteiger partial charge in [0, 0.05) is 25.6 Å². The van der Waals surface area contributed by atoms with E-state index in [9.17, 15) is 9.59 Å². The highest BCUT2D eigenvalue weighted by Crippen LogP contribution is 2.33. The summed E-state index contributed by atoms with van der Waals surface area (Å²) in [4.78, 5) is 31.2. The Morgan fingerprint density at radius 1 is 1.13 bits per heavy atom. The number of carbonyl (C=O) groups excluding carboxylic acids is 2. The average molecular weight is 328 g/mol. The fraction of sp³-hybridized carbons (Fsp3) is 0.294. The van der Waals surface area contributed by atoms with Crippen LogP contribution in [-0.4, -0.2) is 29.8 Å². The van der Waals surface area contributed by atoms with E-state index in [4.69, 9.17) is 0 Å². The molecule has 1 aliphatic heterocycles. The molecule has 5 nitrogen and oxygen atoms in total. The van der Waals surface area contributed by atoms with Crippen molar-refractivity contribution in [3.8, 4) is 0 Å². The molecule has 119 valence electrons. The summed E-state index contributed by atoms with van der Waals surface area (Å²) < 4.78 is 0. The number of carbonyl (C=O) groups is 2. The van der Waals surface area contributed by atoms with Crippen LogP contribution in [0.3, 0.4) is 0 Å². The van der Waals surface area contributed by atoms with Crippen molar-refractivity contribution in [2.45, 2.75) is 19.3 Å². The van der Waals surface area contributed by atoms with E-state index in [2.05, 4.69) is 22.1 Å². The minimum Gasteiger partial charge on any atom is -0.348 e. The van der Waals surface area contributed by atoms with Crippen LogP contribution >= 0.6 is 11.3 Å². The molecule has 2 heterocycles. The van der Waals surface area contributed by atoms with E-state index in [0.717, 1.165) is 31.1 Å². The van der Waals surface area contributed by atoms with Gasteiger partial charge in [0.2, 0.25) is 11.7 Å². The van der Waals surface area contributed by atoms with Crippen molar-refractivity contribution in [1.29, 1.82) is 0 Å². The molecule has 1 aromatic heterocycles. The summed E-state index contributed by atoms with van der Waals surface area (Å²) in [6.07, 6.45) is 3.47. The average Bonchev–Trinajstić information content (AvgIpc) is 2.99. The van der Waals surface area contributed by atoms with Crippen LogP contribution in [-0.2, 0) is 4.79 Å². The molecule has 1 N–H and O–H groups in total. The summed E-state index contributed by atoms with van der Waals surface area (Å²) in [5, 5.41) is 3.37. The highest BCUT2D eigenvalue weighted by molar-refractivity contribution is 7.18. The Hall–Kier alpha value is -2.21. The predicted octanol–water partition coefficient (Wildman–Crippen LogP) is 3.14. The first-order chi connectivity index (χ1) is 11.1. The summed E-state index contributed by atoms with van der Waals surface area (Å²) in [5.41, 5.74) is 0.584. The maximum absolute atomic E-state index is 12.7. The first kappa shape index (κ1) is 15.7. The Morgan fingerprint density at radius 2 is 1.83 bits per heavy atom. The molecule has 0 spiro atoms. The largest absolute Gasteiger partial charge is 0.348 e. The Morgan fingerprint density at radius 3 is 2.48 bits per heavy atom. The van der Waals surface area contributed by atoms with Gasteiger partial charge >= 0.3 is 0 Å². The van der Waals surface area contributed by atoms with Crippen molar-refractivity contribution in [2.75, 3.05) is 23.3 Å². The first-order valence-electron chi connectivity index (χ1n) is 7.63. The molecule has 6 heteroatoms. The molecule has 0 unspecified atom stereocenters.